The van der Waals surface area contributed by atoms with Crippen LogP contribution in [0.15, 0.2) is 107 Å². The predicted octanol–water partition coefficient (Wildman–Crippen LogP) is 6.95. The Hall–Kier alpha value is -5.20. The third-order valence-electron chi connectivity index (χ3n) is 7.56. The van der Waals surface area contributed by atoms with Crippen molar-refractivity contribution in [2.45, 2.75) is 22.7 Å². The summed E-state index contributed by atoms with van der Waals surface area (Å²) in [6, 6.07) is 26.7. The van der Waals surface area contributed by atoms with Gasteiger partial charge in [-0.05, 0) is 59.2 Å². The van der Waals surface area contributed by atoms with E-state index in [0.717, 1.165) is 22.5 Å². The molecular formula is C35H26FN3O6S2. The van der Waals surface area contributed by atoms with Crippen LogP contribution in [0.5, 0.6) is 17.2 Å². The molecule has 1 atom stereocenters. The highest BCUT2D eigenvalue weighted by Crippen LogP contribution is 2.45. The summed E-state index contributed by atoms with van der Waals surface area (Å²) in [4.78, 5) is 28.7. The Morgan fingerprint density at radius 3 is 2.51 bits per heavy atom. The molecule has 1 aromatic heterocycles. The molecule has 0 aliphatic carbocycles. The minimum Gasteiger partial charge on any atom is -0.507 e. The number of nitrogens with zero attached hydrogens (tertiary/aromatic N) is 3. The Kier molecular flexibility index (Phi) is 8.60. The molecule has 236 valence electrons. The number of amides is 1. The molecule has 7 rings (SSSR count). The summed E-state index contributed by atoms with van der Waals surface area (Å²) in [5.41, 5.74) is 2.58. The van der Waals surface area contributed by atoms with Crippen molar-refractivity contribution in [3.05, 3.63) is 131 Å². The first kappa shape index (κ1) is 30.5. The second-order valence-electron chi connectivity index (χ2n) is 10.6. The van der Waals surface area contributed by atoms with E-state index < -0.39 is 17.7 Å². The third-order valence-corrected chi connectivity index (χ3v) is 9.69. The zero-order valence-corrected chi connectivity index (χ0v) is 26.3. The van der Waals surface area contributed by atoms with E-state index in [1.54, 1.807) is 54.6 Å². The van der Waals surface area contributed by atoms with E-state index in [9.17, 15) is 19.1 Å². The molecule has 12 heteroatoms. The van der Waals surface area contributed by atoms with Crippen molar-refractivity contribution in [3.8, 4) is 17.2 Å². The Morgan fingerprint density at radius 1 is 0.915 bits per heavy atom. The second kappa shape index (κ2) is 13.3. The van der Waals surface area contributed by atoms with Crippen molar-refractivity contribution in [1.29, 1.82) is 0 Å². The molecule has 9 nitrogen and oxygen atoms in total. The van der Waals surface area contributed by atoms with Crippen LogP contribution < -0.4 is 19.1 Å². The average molecular weight is 668 g/mol. The van der Waals surface area contributed by atoms with E-state index in [4.69, 9.17) is 14.2 Å². The van der Waals surface area contributed by atoms with Crippen molar-refractivity contribution in [3.63, 3.8) is 0 Å². The number of carbonyl (C=O) groups is 2. The summed E-state index contributed by atoms with van der Waals surface area (Å²) >= 11 is 2.52. The highest BCUT2D eigenvalue weighted by Gasteiger charge is 2.48. The van der Waals surface area contributed by atoms with Gasteiger partial charge in [0.2, 0.25) is 5.13 Å². The number of benzene rings is 4. The topological polar surface area (TPSA) is 111 Å². The maximum atomic E-state index is 13.7. The number of anilines is 1. The summed E-state index contributed by atoms with van der Waals surface area (Å²) in [7, 11) is 0. The number of aliphatic hydroxyl groups is 1. The second-order valence-corrected chi connectivity index (χ2v) is 12.8. The van der Waals surface area contributed by atoms with Gasteiger partial charge in [-0.15, -0.1) is 10.2 Å². The lowest BCUT2D eigenvalue weighted by atomic mass is 9.95. The van der Waals surface area contributed by atoms with Gasteiger partial charge in [0.1, 0.15) is 37.1 Å². The minimum atomic E-state index is -1.04. The molecule has 1 unspecified atom stereocenters. The predicted molar refractivity (Wildman–Crippen MR) is 175 cm³/mol. The van der Waals surface area contributed by atoms with Gasteiger partial charge in [0.25, 0.3) is 5.78 Å². The summed E-state index contributed by atoms with van der Waals surface area (Å²) in [6.07, 6.45) is 0. The Bertz CT molecular complexity index is 1980. The van der Waals surface area contributed by atoms with E-state index >= 15 is 0 Å². The molecule has 2 aliphatic rings. The fourth-order valence-corrected chi connectivity index (χ4v) is 7.11. The van der Waals surface area contributed by atoms with Crippen LogP contribution >= 0.6 is 23.1 Å². The number of rotatable bonds is 9. The molecule has 0 spiro atoms. The van der Waals surface area contributed by atoms with Crippen LogP contribution in [0.2, 0.25) is 0 Å². The van der Waals surface area contributed by atoms with E-state index in [2.05, 4.69) is 10.2 Å². The molecule has 1 saturated heterocycles. The van der Waals surface area contributed by atoms with Crippen molar-refractivity contribution in [2.75, 3.05) is 18.1 Å². The maximum absolute atomic E-state index is 13.7. The lowest BCUT2D eigenvalue weighted by Gasteiger charge is -2.23. The van der Waals surface area contributed by atoms with Crippen LogP contribution in [0.3, 0.4) is 0 Å². The van der Waals surface area contributed by atoms with E-state index in [1.165, 1.54) is 28.8 Å². The molecular weight excluding hydrogens is 642 g/mol. The molecule has 2 aliphatic heterocycles. The van der Waals surface area contributed by atoms with Crippen LogP contribution in [0.4, 0.5) is 9.52 Å². The number of ketones is 1. The monoisotopic (exact) mass is 667 g/mol. The highest BCUT2D eigenvalue weighted by atomic mass is 32.2. The maximum Gasteiger partial charge on any atom is 0.301 e. The number of ether oxygens (including phenoxy) is 3. The van der Waals surface area contributed by atoms with Gasteiger partial charge in [-0.2, -0.15) is 0 Å². The standard InChI is InChI=1S/C35H26FN3O6S2/c36-25-12-9-22(10-13-25)20-46-35-38-37-34(47-35)39-30(23-7-4-8-26(17-23)45-19-21-5-2-1-3-6-21)29(32(41)33(39)42)31(40)24-11-14-27-28(18-24)44-16-15-43-27/h1-14,17-18,30,40H,15-16,19-20H2/b31-29-. The lowest BCUT2D eigenvalue weighted by Crippen LogP contribution is -2.29. The van der Waals surface area contributed by atoms with E-state index in [-0.39, 0.29) is 22.3 Å². The first-order valence-electron chi connectivity index (χ1n) is 14.6. The fourth-order valence-electron chi connectivity index (χ4n) is 5.29. The van der Waals surface area contributed by atoms with Crippen LogP contribution in [0.1, 0.15) is 28.3 Å². The van der Waals surface area contributed by atoms with Crippen molar-refractivity contribution in [1.82, 2.24) is 10.2 Å². The number of carbonyl (C=O) groups excluding carboxylic acids is 2. The number of thioether (sulfide) groups is 1. The van der Waals surface area contributed by atoms with Crippen LogP contribution in [0.25, 0.3) is 5.76 Å². The number of aromatic nitrogens is 2. The number of aliphatic hydroxyl groups excluding tert-OH is 1. The number of hydrogen-bond acceptors (Lipinski definition) is 10. The normalized spacial score (nSPS) is 16.8. The summed E-state index contributed by atoms with van der Waals surface area (Å²) in [5.74, 6) is -0.435. The fraction of sp³-hybridized carbons (Fsp3) is 0.143. The molecule has 5 aromatic rings. The molecule has 0 bridgehead atoms. The number of Topliss-reactive ketones (excluding diaryl/α,β-unsaturated/α-hetero) is 1. The lowest BCUT2D eigenvalue weighted by molar-refractivity contribution is -0.132. The molecule has 3 heterocycles. The number of hydrogen-bond donors (Lipinski definition) is 1. The Labute approximate surface area is 277 Å². The van der Waals surface area contributed by atoms with Gasteiger partial charge in [-0.25, -0.2) is 4.39 Å². The molecule has 1 N–H and O–H groups in total. The largest absolute Gasteiger partial charge is 0.507 e. The van der Waals surface area contributed by atoms with Gasteiger partial charge in [0.15, 0.2) is 15.8 Å². The van der Waals surface area contributed by atoms with Gasteiger partial charge >= 0.3 is 5.91 Å². The quantitative estimate of drug-likeness (QED) is 0.0587. The molecule has 1 fully saturated rings. The average Bonchev–Trinajstić information content (AvgIpc) is 3.68. The minimum absolute atomic E-state index is 0.109. The van der Waals surface area contributed by atoms with E-state index in [0.29, 0.717) is 58.3 Å². The van der Waals surface area contributed by atoms with Crippen LogP contribution in [-0.2, 0) is 21.9 Å². The van der Waals surface area contributed by atoms with Gasteiger partial charge in [-0.1, -0.05) is 77.7 Å². The summed E-state index contributed by atoms with van der Waals surface area (Å²) in [5, 5.41) is 20.4. The Morgan fingerprint density at radius 2 is 1.70 bits per heavy atom. The highest BCUT2D eigenvalue weighted by molar-refractivity contribution is 8.00. The first-order valence-corrected chi connectivity index (χ1v) is 16.4. The number of fused-ring (bicyclic) bond motifs is 1. The summed E-state index contributed by atoms with van der Waals surface area (Å²) in [6.45, 7) is 1.06. The zero-order valence-electron chi connectivity index (χ0n) is 24.7. The first-order chi connectivity index (χ1) is 22.9. The molecule has 4 aromatic carbocycles. The van der Waals surface area contributed by atoms with Gasteiger partial charge < -0.3 is 19.3 Å². The third kappa shape index (κ3) is 6.42. The Balaban J connectivity index is 1.25. The summed E-state index contributed by atoms with van der Waals surface area (Å²) < 4.78 is 31.3. The molecule has 1 amide bonds. The molecule has 0 saturated carbocycles. The number of halogens is 1. The van der Waals surface area contributed by atoms with Gasteiger partial charge in [0.05, 0.1) is 11.6 Å². The molecule has 0 radical (unpaired) electrons. The molecule has 47 heavy (non-hydrogen) atoms. The van der Waals surface area contributed by atoms with Gasteiger partial charge in [-0.3, -0.25) is 14.5 Å². The van der Waals surface area contributed by atoms with Crippen LogP contribution in [-0.4, -0.2) is 40.2 Å². The SMILES string of the molecule is O=C1C(=O)N(c2nnc(SCc3ccc(F)cc3)s2)C(c2cccc(OCc3ccccc3)c2)/C1=C(/O)c1ccc2c(c1)OCCO2. The zero-order chi connectivity index (χ0) is 32.3. The van der Waals surface area contributed by atoms with Crippen molar-refractivity contribution < 1.29 is 33.3 Å². The van der Waals surface area contributed by atoms with Crippen LogP contribution in [0, 0.1) is 5.82 Å². The van der Waals surface area contributed by atoms with Crippen molar-refractivity contribution >= 4 is 45.7 Å². The van der Waals surface area contributed by atoms with Gasteiger partial charge in [0, 0.05) is 11.3 Å². The smallest absolute Gasteiger partial charge is 0.301 e. The van der Waals surface area contributed by atoms with E-state index in [1.807, 2.05) is 30.3 Å². The van der Waals surface area contributed by atoms with Crippen molar-refractivity contribution in [2.24, 2.45) is 0 Å².